The van der Waals surface area contributed by atoms with Crippen LogP contribution >= 0.6 is 0 Å². The van der Waals surface area contributed by atoms with Crippen molar-refractivity contribution >= 4 is 0 Å². The van der Waals surface area contributed by atoms with Crippen molar-refractivity contribution < 1.29 is 9.84 Å². The molecule has 1 unspecified atom stereocenters. The second kappa shape index (κ2) is 3.40. The van der Waals surface area contributed by atoms with Gasteiger partial charge in [0.15, 0.2) is 0 Å². The maximum atomic E-state index is 10.1. The molecular formula is C9H12N2O2. The molecule has 13 heavy (non-hydrogen) atoms. The van der Waals surface area contributed by atoms with Gasteiger partial charge in [0, 0.05) is 24.6 Å². The first-order valence-corrected chi connectivity index (χ1v) is 4.37. The van der Waals surface area contributed by atoms with E-state index in [9.17, 15) is 5.11 Å². The van der Waals surface area contributed by atoms with Crippen molar-refractivity contribution in [3.63, 3.8) is 0 Å². The first-order chi connectivity index (χ1) is 6.31. The zero-order valence-electron chi connectivity index (χ0n) is 7.31. The summed E-state index contributed by atoms with van der Waals surface area (Å²) in [5.41, 5.74) is -0.130. The van der Waals surface area contributed by atoms with Gasteiger partial charge in [0.1, 0.15) is 11.9 Å². The van der Waals surface area contributed by atoms with Crippen LogP contribution in [0.3, 0.4) is 0 Å². The van der Waals surface area contributed by atoms with Gasteiger partial charge in [0.25, 0.3) is 0 Å². The van der Waals surface area contributed by atoms with Crippen LogP contribution in [0.15, 0.2) is 18.7 Å². The van der Waals surface area contributed by atoms with Crippen LogP contribution in [-0.4, -0.2) is 28.3 Å². The van der Waals surface area contributed by atoms with Gasteiger partial charge < -0.3 is 9.84 Å². The largest absolute Gasteiger partial charge is 0.383 e. The van der Waals surface area contributed by atoms with Gasteiger partial charge in [-0.25, -0.2) is 9.97 Å². The van der Waals surface area contributed by atoms with Crippen LogP contribution in [0.25, 0.3) is 0 Å². The van der Waals surface area contributed by atoms with Gasteiger partial charge >= 0.3 is 0 Å². The van der Waals surface area contributed by atoms with E-state index in [4.69, 9.17) is 4.74 Å². The predicted octanol–water partition coefficient (Wildman–Crippen LogP) is 0.475. The van der Waals surface area contributed by atoms with E-state index in [1.807, 2.05) is 0 Å². The van der Waals surface area contributed by atoms with Gasteiger partial charge in [0.2, 0.25) is 0 Å². The average Bonchev–Trinajstić information content (AvgIpc) is 2.20. The Labute approximate surface area is 76.6 Å². The predicted molar refractivity (Wildman–Crippen MR) is 46.0 cm³/mol. The Morgan fingerprint density at radius 1 is 1.38 bits per heavy atom. The molecule has 0 amide bonds. The molecule has 4 heteroatoms. The molecule has 0 saturated carbocycles. The molecule has 0 aliphatic carbocycles. The summed E-state index contributed by atoms with van der Waals surface area (Å²) in [5, 5.41) is 10.1. The van der Waals surface area contributed by atoms with Crippen molar-refractivity contribution in [2.24, 2.45) is 0 Å². The van der Waals surface area contributed by atoms with E-state index in [2.05, 4.69) is 9.97 Å². The lowest BCUT2D eigenvalue weighted by Crippen LogP contribution is -2.35. The average molecular weight is 180 g/mol. The minimum atomic E-state index is -0.875. The summed E-state index contributed by atoms with van der Waals surface area (Å²) >= 11 is 0. The Hall–Kier alpha value is -1.00. The van der Waals surface area contributed by atoms with Crippen LogP contribution in [0.2, 0.25) is 0 Å². The molecule has 0 bridgehead atoms. The Bertz CT molecular complexity index is 270. The van der Waals surface area contributed by atoms with Crippen molar-refractivity contribution in [1.82, 2.24) is 9.97 Å². The monoisotopic (exact) mass is 180 g/mol. The number of rotatable bonds is 1. The Kier molecular flexibility index (Phi) is 2.24. The Morgan fingerprint density at radius 2 is 2.15 bits per heavy atom. The molecule has 1 aliphatic rings. The van der Waals surface area contributed by atoms with E-state index < -0.39 is 5.60 Å². The minimum Gasteiger partial charge on any atom is -0.383 e. The number of ether oxygens (including phenoxy) is 1. The van der Waals surface area contributed by atoms with E-state index in [-0.39, 0.29) is 0 Å². The lowest BCUT2D eigenvalue weighted by atomic mass is 9.91. The summed E-state index contributed by atoms with van der Waals surface area (Å²) in [5.74, 6) is 0. The Balaban J connectivity index is 2.23. The number of hydrogen-bond donors (Lipinski definition) is 1. The topological polar surface area (TPSA) is 55.2 Å². The molecule has 1 N–H and O–H groups in total. The van der Waals surface area contributed by atoms with Gasteiger partial charge in [-0.05, 0) is 12.8 Å². The SMILES string of the molecule is OC1(c2cncnc2)CCCOC1. The van der Waals surface area contributed by atoms with Crippen LogP contribution in [0.4, 0.5) is 0 Å². The molecule has 1 atom stereocenters. The second-order valence-electron chi connectivity index (χ2n) is 3.31. The molecule has 70 valence electrons. The van der Waals surface area contributed by atoms with Crippen LogP contribution in [0, 0.1) is 0 Å². The van der Waals surface area contributed by atoms with Crippen LogP contribution in [0.5, 0.6) is 0 Å². The van der Waals surface area contributed by atoms with E-state index in [0.717, 1.165) is 25.0 Å². The summed E-state index contributed by atoms with van der Waals surface area (Å²) in [6, 6.07) is 0. The summed E-state index contributed by atoms with van der Waals surface area (Å²) in [6.07, 6.45) is 6.34. The van der Waals surface area contributed by atoms with Crippen molar-refractivity contribution in [1.29, 1.82) is 0 Å². The molecule has 0 spiro atoms. The third-order valence-corrected chi connectivity index (χ3v) is 2.32. The highest BCUT2D eigenvalue weighted by atomic mass is 16.5. The van der Waals surface area contributed by atoms with Crippen LogP contribution in [-0.2, 0) is 10.3 Å². The number of aromatic nitrogens is 2. The smallest absolute Gasteiger partial charge is 0.116 e. The first kappa shape index (κ1) is 8.59. The molecule has 0 radical (unpaired) electrons. The minimum absolute atomic E-state index is 0.348. The molecule has 4 nitrogen and oxygen atoms in total. The highest BCUT2D eigenvalue weighted by Gasteiger charge is 2.32. The van der Waals surface area contributed by atoms with Gasteiger partial charge in [-0.2, -0.15) is 0 Å². The number of hydrogen-bond acceptors (Lipinski definition) is 4. The van der Waals surface area contributed by atoms with E-state index in [0.29, 0.717) is 6.61 Å². The molecule has 1 aliphatic heterocycles. The lowest BCUT2D eigenvalue weighted by molar-refractivity contribution is -0.0906. The maximum Gasteiger partial charge on any atom is 0.116 e. The molecule has 0 aromatic carbocycles. The molecule has 1 aromatic rings. The fourth-order valence-corrected chi connectivity index (χ4v) is 1.55. The van der Waals surface area contributed by atoms with E-state index in [1.165, 1.54) is 6.33 Å². The number of nitrogens with zero attached hydrogens (tertiary/aromatic N) is 2. The fourth-order valence-electron chi connectivity index (χ4n) is 1.55. The molecule has 1 saturated heterocycles. The summed E-state index contributed by atoms with van der Waals surface area (Å²) < 4.78 is 5.23. The van der Waals surface area contributed by atoms with Crippen molar-refractivity contribution in [3.8, 4) is 0 Å². The Morgan fingerprint density at radius 3 is 2.77 bits per heavy atom. The molecule has 1 aromatic heterocycles. The van der Waals surface area contributed by atoms with Gasteiger partial charge in [-0.1, -0.05) is 0 Å². The molecule has 1 fully saturated rings. The zero-order chi connectivity index (χ0) is 9.15. The molecule has 2 rings (SSSR count). The second-order valence-corrected chi connectivity index (χ2v) is 3.31. The van der Waals surface area contributed by atoms with E-state index in [1.54, 1.807) is 12.4 Å². The molecule has 2 heterocycles. The highest BCUT2D eigenvalue weighted by molar-refractivity contribution is 5.14. The maximum absolute atomic E-state index is 10.1. The zero-order valence-corrected chi connectivity index (χ0v) is 7.31. The lowest BCUT2D eigenvalue weighted by Gasteiger charge is -2.31. The standard InChI is InChI=1S/C9H12N2O2/c12-9(2-1-3-13-6-9)8-4-10-7-11-5-8/h4-5,7,12H,1-3,6H2. The first-order valence-electron chi connectivity index (χ1n) is 4.37. The van der Waals surface area contributed by atoms with Crippen LogP contribution < -0.4 is 0 Å². The summed E-state index contributed by atoms with van der Waals surface area (Å²) in [4.78, 5) is 7.76. The van der Waals surface area contributed by atoms with Crippen molar-refractivity contribution in [2.45, 2.75) is 18.4 Å². The van der Waals surface area contributed by atoms with Gasteiger partial charge in [0.05, 0.1) is 6.61 Å². The van der Waals surface area contributed by atoms with Crippen molar-refractivity contribution in [2.75, 3.05) is 13.2 Å². The number of aliphatic hydroxyl groups is 1. The normalized spacial score (nSPS) is 28.7. The fraction of sp³-hybridized carbons (Fsp3) is 0.556. The molecular weight excluding hydrogens is 168 g/mol. The van der Waals surface area contributed by atoms with E-state index >= 15 is 0 Å². The summed E-state index contributed by atoms with van der Waals surface area (Å²) in [7, 11) is 0. The van der Waals surface area contributed by atoms with Gasteiger partial charge in [-0.15, -0.1) is 0 Å². The van der Waals surface area contributed by atoms with Crippen LogP contribution in [0.1, 0.15) is 18.4 Å². The van der Waals surface area contributed by atoms with Crippen molar-refractivity contribution in [3.05, 3.63) is 24.3 Å². The third-order valence-electron chi connectivity index (χ3n) is 2.32. The highest BCUT2D eigenvalue weighted by Crippen LogP contribution is 2.28. The third kappa shape index (κ3) is 1.68. The van der Waals surface area contributed by atoms with Gasteiger partial charge in [-0.3, -0.25) is 0 Å². The summed E-state index contributed by atoms with van der Waals surface area (Å²) in [6.45, 7) is 1.08. The quantitative estimate of drug-likeness (QED) is 0.682.